The van der Waals surface area contributed by atoms with Crippen LogP contribution in [0.5, 0.6) is 5.75 Å². The van der Waals surface area contributed by atoms with Crippen LogP contribution >= 0.6 is 11.6 Å². The van der Waals surface area contributed by atoms with Crippen LogP contribution in [-0.2, 0) is 13.3 Å². The Balaban J connectivity index is 1.29. The molecule has 4 rings (SSSR count). The number of benzene rings is 2. The highest BCUT2D eigenvalue weighted by Crippen LogP contribution is 2.19. The van der Waals surface area contributed by atoms with E-state index in [1.807, 2.05) is 49.1 Å². The molecule has 0 radical (unpaired) electrons. The number of ether oxygens (including phenoxy) is 1. The highest BCUT2D eigenvalue weighted by Gasteiger charge is 2.23. The number of aryl methyl sites for hydroxylation is 2. The van der Waals surface area contributed by atoms with Crippen LogP contribution in [0.15, 0.2) is 54.7 Å². The third-order valence-corrected chi connectivity index (χ3v) is 5.75. The van der Waals surface area contributed by atoms with Gasteiger partial charge in [-0.15, -0.1) is 0 Å². The fourth-order valence-corrected chi connectivity index (χ4v) is 3.92. The normalized spacial score (nSPS) is 14.6. The van der Waals surface area contributed by atoms with Gasteiger partial charge in [0.15, 0.2) is 12.4 Å². The topological polar surface area (TPSA) is 50.6 Å². The van der Waals surface area contributed by atoms with Crippen molar-refractivity contribution < 1.29 is 9.53 Å². The lowest BCUT2D eigenvalue weighted by atomic mass is 10.1. The zero-order chi connectivity index (χ0) is 21.8. The molecule has 3 aromatic rings. The summed E-state index contributed by atoms with van der Waals surface area (Å²) in [4.78, 5) is 17.1. The summed E-state index contributed by atoms with van der Waals surface area (Å²) in [5.74, 6) is 0.798. The molecular formula is C24H27ClN4O2. The molecule has 0 unspecified atom stereocenters. The van der Waals surface area contributed by atoms with Crippen molar-refractivity contribution in [3.05, 3.63) is 82.1 Å². The Morgan fingerprint density at radius 3 is 2.65 bits per heavy atom. The van der Waals surface area contributed by atoms with Gasteiger partial charge in [0.25, 0.3) is 5.91 Å². The average Bonchev–Trinajstić information content (AvgIpc) is 3.23. The minimum atomic E-state index is -0.0344. The maximum atomic E-state index is 12.9. The van der Waals surface area contributed by atoms with Crippen LogP contribution in [0.3, 0.4) is 0 Å². The predicted octanol–water partition coefficient (Wildman–Crippen LogP) is 4.15. The molecule has 7 heteroatoms. The Morgan fingerprint density at radius 1 is 1.06 bits per heavy atom. The monoisotopic (exact) mass is 438 g/mol. The molecule has 1 aromatic heterocycles. The number of halogens is 1. The van der Waals surface area contributed by atoms with Gasteiger partial charge < -0.3 is 9.64 Å². The number of aromatic nitrogens is 2. The number of piperazine rings is 1. The first-order valence-corrected chi connectivity index (χ1v) is 10.9. The third kappa shape index (κ3) is 5.46. The first kappa shape index (κ1) is 21.4. The van der Waals surface area contributed by atoms with E-state index in [1.165, 1.54) is 5.56 Å². The maximum absolute atomic E-state index is 12.9. The van der Waals surface area contributed by atoms with Gasteiger partial charge in [-0.3, -0.25) is 9.69 Å². The van der Waals surface area contributed by atoms with Gasteiger partial charge in [0.1, 0.15) is 5.75 Å². The Kier molecular flexibility index (Phi) is 6.59. The molecule has 31 heavy (non-hydrogen) atoms. The van der Waals surface area contributed by atoms with Gasteiger partial charge in [0, 0.05) is 43.9 Å². The van der Waals surface area contributed by atoms with E-state index in [2.05, 4.69) is 22.1 Å². The summed E-state index contributed by atoms with van der Waals surface area (Å²) in [6, 6.07) is 15.8. The average molecular weight is 439 g/mol. The zero-order valence-corrected chi connectivity index (χ0v) is 18.7. The molecule has 1 aliphatic rings. The molecule has 0 saturated carbocycles. The second kappa shape index (κ2) is 9.54. The first-order chi connectivity index (χ1) is 15.0. The number of amides is 1. The molecule has 0 spiro atoms. The standard InChI is InChI=1S/C24H27ClN4O2/c1-18-6-7-19(2)23(14-18)31-17-29-9-8-22(26-29)24(30)28-12-10-27(11-13-28)16-20-4-3-5-21(25)15-20/h3-9,14-15H,10-13,16-17H2,1-2H3. The third-order valence-electron chi connectivity index (χ3n) is 5.51. The van der Waals surface area contributed by atoms with Crippen LogP contribution in [-0.4, -0.2) is 51.7 Å². The van der Waals surface area contributed by atoms with Gasteiger partial charge in [-0.2, -0.15) is 5.10 Å². The number of carbonyl (C=O) groups excluding carboxylic acids is 1. The highest BCUT2D eigenvalue weighted by atomic mass is 35.5. The van der Waals surface area contributed by atoms with Crippen LogP contribution in [0.1, 0.15) is 27.2 Å². The van der Waals surface area contributed by atoms with E-state index < -0.39 is 0 Å². The Labute approximate surface area is 188 Å². The summed E-state index contributed by atoms with van der Waals surface area (Å²) in [6.07, 6.45) is 1.79. The van der Waals surface area contributed by atoms with Gasteiger partial charge in [0.2, 0.25) is 0 Å². The van der Waals surface area contributed by atoms with Gasteiger partial charge >= 0.3 is 0 Å². The lowest BCUT2D eigenvalue weighted by Crippen LogP contribution is -2.48. The van der Waals surface area contributed by atoms with Crippen molar-refractivity contribution in [1.29, 1.82) is 0 Å². The quantitative estimate of drug-likeness (QED) is 0.580. The first-order valence-electron chi connectivity index (χ1n) is 10.5. The summed E-state index contributed by atoms with van der Waals surface area (Å²) in [7, 11) is 0. The van der Waals surface area contributed by atoms with Crippen molar-refractivity contribution in [3.8, 4) is 5.75 Å². The number of carbonyl (C=O) groups is 1. The van der Waals surface area contributed by atoms with E-state index in [9.17, 15) is 4.79 Å². The van der Waals surface area contributed by atoms with E-state index in [4.69, 9.17) is 16.3 Å². The molecule has 0 aliphatic carbocycles. The second-order valence-electron chi connectivity index (χ2n) is 7.98. The van der Waals surface area contributed by atoms with E-state index in [-0.39, 0.29) is 12.6 Å². The van der Waals surface area contributed by atoms with E-state index in [0.29, 0.717) is 18.8 Å². The molecule has 6 nitrogen and oxygen atoms in total. The molecule has 2 aromatic carbocycles. The highest BCUT2D eigenvalue weighted by molar-refractivity contribution is 6.30. The molecule has 1 saturated heterocycles. The van der Waals surface area contributed by atoms with Gasteiger partial charge in [-0.05, 0) is 54.8 Å². The van der Waals surface area contributed by atoms with Crippen LogP contribution in [0.2, 0.25) is 5.02 Å². The number of hydrogen-bond acceptors (Lipinski definition) is 4. The van der Waals surface area contributed by atoms with Crippen molar-refractivity contribution in [3.63, 3.8) is 0 Å². The van der Waals surface area contributed by atoms with Crippen molar-refractivity contribution in [2.45, 2.75) is 27.1 Å². The van der Waals surface area contributed by atoms with Crippen LogP contribution in [0.4, 0.5) is 0 Å². The largest absolute Gasteiger partial charge is 0.471 e. The summed E-state index contributed by atoms with van der Waals surface area (Å²) < 4.78 is 7.54. The van der Waals surface area contributed by atoms with Crippen LogP contribution in [0, 0.1) is 13.8 Å². The minimum absolute atomic E-state index is 0.0344. The fraction of sp³-hybridized carbons (Fsp3) is 0.333. The van der Waals surface area contributed by atoms with E-state index >= 15 is 0 Å². The number of hydrogen-bond donors (Lipinski definition) is 0. The van der Waals surface area contributed by atoms with Crippen molar-refractivity contribution in [2.24, 2.45) is 0 Å². The molecule has 1 aliphatic heterocycles. The van der Waals surface area contributed by atoms with Crippen LogP contribution in [0.25, 0.3) is 0 Å². The minimum Gasteiger partial charge on any atom is -0.471 e. The van der Waals surface area contributed by atoms with Crippen molar-refractivity contribution in [2.75, 3.05) is 26.2 Å². The molecule has 1 fully saturated rings. The Hall–Kier alpha value is -2.83. The smallest absolute Gasteiger partial charge is 0.274 e. The van der Waals surface area contributed by atoms with Gasteiger partial charge in [-0.25, -0.2) is 4.68 Å². The van der Waals surface area contributed by atoms with Gasteiger partial charge in [0.05, 0.1) is 0 Å². The van der Waals surface area contributed by atoms with E-state index in [1.54, 1.807) is 16.9 Å². The number of nitrogens with zero attached hydrogens (tertiary/aromatic N) is 4. The second-order valence-corrected chi connectivity index (χ2v) is 8.42. The van der Waals surface area contributed by atoms with E-state index in [0.717, 1.165) is 41.5 Å². The zero-order valence-electron chi connectivity index (χ0n) is 17.9. The Morgan fingerprint density at radius 2 is 1.87 bits per heavy atom. The summed E-state index contributed by atoms with van der Waals surface area (Å²) in [5, 5.41) is 5.17. The molecule has 162 valence electrons. The molecule has 2 heterocycles. The Bertz CT molecular complexity index is 1060. The summed E-state index contributed by atoms with van der Waals surface area (Å²) >= 11 is 6.08. The van der Waals surface area contributed by atoms with Crippen molar-refractivity contribution >= 4 is 17.5 Å². The number of rotatable bonds is 6. The van der Waals surface area contributed by atoms with Crippen LogP contribution < -0.4 is 4.74 Å². The summed E-state index contributed by atoms with van der Waals surface area (Å²) in [6.45, 7) is 8.18. The lowest BCUT2D eigenvalue weighted by molar-refractivity contribution is 0.0621. The molecule has 0 atom stereocenters. The SMILES string of the molecule is Cc1ccc(C)c(OCn2ccc(C(=O)N3CCN(Cc4cccc(Cl)c4)CC3)n2)c1. The lowest BCUT2D eigenvalue weighted by Gasteiger charge is -2.34. The predicted molar refractivity (Wildman–Crippen MR) is 121 cm³/mol. The molecule has 1 amide bonds. The van der Waals surface area contributed by atoms with Crippen molar-refractivity contribution in [1.82, 2.24) is 19.6 Å². The summed E-state index contributed by atoms with van der Waals surface area (Å²) in [5.41, 5.74) is 3.86. The fourth-order valence-electron chi connectivity index (χ4n) is 3.71. The molecular weight excluding hydrogens is 412 g/mol. The van der Waals surface area contributed by atoms with Gasteiger partial charge in [-0.1, -0.05) is 35.9 Å². The molecule has 0 bridgehead atoms. The maximum Gasteiger partial charge on any atom is 0.274 e. The molecule has 0 N–H and O–H groups in total.